The van der Waals surface area contributed by atoms with Gasteiger partial charge < -0.3 is 14.2 Å². The maximum absolute atomic E-state index is 12.3. The smallest absolute Gasteiger partial charge is 0.463 e. The number of amides is 1. The number of carbonyl (C=O) groups is 2. The van der Waals surface area contributed by atoms with Gasteiger partial charge in [-0.3, -0.25) is 4.79 Å². The topological polar surface area (TPSA) is 98.8 Å². The standard InChI is InChI=1S/C13H12F3NO6S/c1-2-22-11(18)7-8-17-12(19)9-5-3-4-6-10(9)23-24(20,21)13(14,15)16/h3-8H,2H2,1H3,(H,17,19)/b8-7+. The fourth-order valence-electron chi connectivity index (χ4n) is 1.35. The highest BCUT2D eigenvalue weighted by molar-refractivity contribution is 7.88. The number of benzene rings is 1. The van der Waals surface area contributed by atoms with Crippen molar-refractivity contribution in [1.29, 1.82) is 0 Å². The predicted molar refractivity (Wildman–Crippen MR) is 75.3 cm³/mol. The monoisotopic (exact) mass is 367 g/mol. The second-order valence-electron chi connectivity index (χ2n) is 4.04. The highest BCUT2D eigenvalue weighted by Crippen LogP contribution is 2.28. The zero-order chi connectivity index (χ0) is 18.4. The van der Waals surface area contributed by atoms with E-state index in [4.69, 9.17) is 0 Å². The zero-order valence-electron chi connectivity index (χ0n) is 12.2. The van der Waals surface area contributed by atoms with E-state index < -0.39 is 38.8 Å². The van der Waals surface area contributed by atoms with Crippen molar-refractivity contribution in [3.05, 3.63) is 42.1 Å². The molecule has 0 spiro atoms. The van der Waals surface area contributed by atoms with Crippen molar-refractivity contribution >= 4 is 22.0 Å². The lowest BCUT2D eigenvalue weighted by Crippen LogP contribution is -2.29. The highest BCUT2D eigenvalue weighted by atomic mass is 32.2. The van der Waals surface area contributed by atoms with Gasteiger partial charge in [-0.25, -0.2) is 4.79 Å². The number of nitrogens with one attached hydrogen (secondary N) is 1. The molecule has 1 amide bonds. The van der Waals surface area contributed by atoms with E-state index in [-0.39, 0.29) is 6.61 Å². The number of alkyl halides is 3. The van der Waals surface area contributed by atoms with Crippen molar-refractivity contribution in [2.75, 3.05) is 6.61 Å². The van der Waals surface area contributed by atoms with Crippen LogP contribution in [0, 0.1) is 0 Å². The van der Waals surface area contributed by atoms with Crippen LogP contribution in [0.25, 0.3) is 0 Å². The minimum Gasteiger partial charge on any atom is -0.463 e. The Bertz CT molecular complexity index is 742. The predicted octanol–water partition coefficient (Wildman–Crippen LogP) is 1.72. The zero-order valence-corrected chi connectivity index (χ0v) is 13.0. The van der Waals surface area contributed by atoms with Gasteiger partial charge in [0.1, 0.15) is 0 Å². The fraction of sp³-hybridized carbons (Fsp3) is 0.231. The first kappa shape index (κ1) is 19.5. The molecule has 0 aromatic heterocycles. The summed E-state index contributed by atoms with van der Waals surface area (Å²) in [5.41, 5.74) is -6.11. The number of esters is 1. The molecule has 1 aromatic carbocycles. The van der Waals surface area contributed by atoms with Gasteiger partial charge in [0.25, 0.3) is 5.91 Å². The second-order valence-corrected chi connectivity index (χ2v) is 5.58. The van der Waals surface area contributed by atoms with Crippen molar-refractivity contribution in [3.8, 4) is 5.75 Å². The van der Waals surface area contributed by atoms with Crippen LogP contribution in [0.2, 0.25) is 0 Å². The highest BCUT2D eigenvalue weighted by Gasteiger charge is 2.48. The minimum absolute atomic E-state index is 0.114. The van der Waals surface area contributed by atoms with Gasteiger partial charge in [0.15, 0.2) is 5.75 Å². The number of hydrogen-bond acceptors (Lipinski definition) is 6. The minimum atomic E-state index is -5.92. The van der Waals surface area contributed by atoms with Gasteiger partial charge in [-0.05, 0) is 19.1 Å². The van der Waals surface area contributed by atoms with Crippen molar-refractivity contribution < 1.29 is 40.1 Å². The van der Waals surface area contributed by atoms with E-state index >= 15 is 0 Å². The lowest BCUT2D eigenvalue weighted by molar-refractivity contribution is -0.137. The first-order valence-corrected chi connectivity index (χ1v) is 7.73. The van der Waals surface area contributed by atoms with E-state index in [0.717, 1.165) is 24.4 Å². The Morgan fingerprint density at radius 2 is 1.88 bits per heavy atom. The molecule has 132 valence electrons. The maximum atomic E-state index is 12.3. The van der Waals surface area contributed by atoms with E-state index in [1.165, 1.54) is 12.1 Å². The Kier molecular flexibility index (Phi) is 6.35. The number of carbonyl (C=O) groups excluding carboxylic acids is 2. The Morgan fingerprint density at radius 3 is 2.46 bits per heavy atom. The molecule has 0 aliphatic heterocycles. The van der Waals surface area contributed by atoms with Crippen LogP contribution in [-0.2, 0) is 19.6 Å². The largest absolute Gasteiger partial charge is 0.534 e. The summed E-state index contributed by atoms with van der Waals surface area (Å²) in [5.74, 6) is -2.54. The van der Waals surface area contributed by atoms with Gasteiger partial charge in [0, 0.05) is 12.3 Å². The van der Waals surface area contributed by atoms with Crippen molar-refractivity contribution in [2.24, 2.45) is 0 Å². The third-order valence-electron chi connectivity index (χ3n) is 2.34. The summed E-state index contributed by atoms with van der Waals surface area (Å²) in [6, 6.07) is 4.41. The van der Waals surface area contributed by atoms with Gasteiger partial charge in [-0.1, -0.05) is 12.1 Å². The van der Waals surface area contributed by atoms with E-state index in [1.54, 1.807) is 6.92 Å². The summed E-state index contributed by atoms with van der Waals surface area (Å²) in [6.45, 7) is 1.68. The van der Waals surface area contributed by atoms with Crippen LogP contribution in [0.3, 0.4) is 0 Å². The van der Waals surface area contributed by atoms with Gasteiger partial charge in [0.05, 0.1) is 12.2 Å². The summed E-state index contributed by atoms with van der Waals surface area (Å²) in [4.78, 5) is 22.9. The molecule has 0 aliphatic carbocycles. The molecule has 0 heterocycles. The normalized spacial score (nSPS) is 12.0. The number of rotatable bonds is 6. The molecule has 0 saturated carbocycles. The SMILES string of the molecule is CCOC(=O)/C=C/NC(=O)c1ccccc1OS(=O)(=O)C(F)(F)F. The number of halogens is 3. The van der Waals surface area contributed by atoms with E-state index in [9.17, 15) is 31.2 Å². The molecule has 0 aliphatic rings. The summed E-state index contributed by atoms with van der Waals surface area (Å²) in [7, 11) is -5.92. The summed E-state index contributed by atoms with van der Waals surface area (Å²) >= 11 is 0. The Labute approximate surface area is 135 Å². The molecule has 1 aromatic rings. The van der Waals surface area contributed by atoms with Gasteiger partial charge in [-0.2, -0.15) is 21.6 Å². The van der Waals surface area contributed by atoms with E-state index in [2.05, 4.69) is 14.2 Å². The van der Waals surface area contributed by atoms with Gasteiger partial charge >= 0.3 is 21.6 Å². The summed E-state index contributed by atoms with van der Waals surface area (Å²) in [6.07, 6.45) is 1.77. The third kappa shape index (κ3) is 5.26. The molecule has 1 rings (SSSR count). The maximum Gasteiger partial charge on any atom is 0.534 e. The van der Waals surface area contributed by atoms with Gasteiger partial charge in [-0.15, -0.1) is 0 Å². The Hall–Kier alpha value is -2.56. The van der Waals surface area contributed by atoms with E-state index in [0.29, 0.717) is 0 Å². The second kappa shape index (κ2) is 7.81. The Morgan fingerprint density at radius 1 is 1.25 bits per heavy atom. The fourth-order valence-corrected chi connectivity index (χ4v) is 1.82. The average Bonchev–Trinajstić information content (AvgIpc) is 2.46. The lowest BCUT2D eigenvalue weighted by atomic mass is 10.2. The summed E-state index contributed by atoms with van der Waals surface area (Å²) in [5, 5.41) is 2.08. The number of para-hydroxylation sites is 1. The van der Waals surface area contributed by atoms with Crippen LogP contribution in [0.15, 0.2) is 36.5 Å². The van der Waals surface area contributed by atoms with Crippen molar-refractivity contribution in [2.45, 2.75) is 12.4 Å². The molecule has 0 unspecified atom stereocenters. The van der Waals surface area contributed by atoms with Crippen LogP contribution >= 0.6 is 0 Å². The summed E-state index contributed by atoms with van der Waals surface area (Å²) < 4.78 is 67.6. The molecule has 0 radical (unpaired) electrons. The lowest BCUT2D eigenvalue weighted by Gasteiger charge is -2.12. The quantitative estimate of drug-likeness (QED) is 0.356. The molecule has 0 fully saturated rings. The van der Waals surface area contributed by atoms with Crippen molar-refractivity contribution in [1.82, 2.24) is 5.32 Å². The molecule has 0 bridgehead atoms. The molecule has 1 N–H and O–H groups in total. The molecule has 0 saturated heterocycles. The first-order chi connectivity index (χ1) is 11.1. The van der Waals surface area contributed by atoms with Crippen LogP contribution in [-0.4, -0.2) is 32.4 Å². The van der Waals surface area contributed by atoms with Crippen LogP contribution in [0.4, 0.5) is 13.2 Å². The molecule has 0 atom stereocenters. The molecular formula is C13H12F3NO6S. The third-order valence-corrected chi connectivity index (χ3v) is 3.30. The first-order valence-electron chi connectivity index (χ1n) is 6.32. The molecule has 24 heavy (non-hydrogen) atoms. The molecule has 11 heteroatoms. The van der Waals surface area contributed by atoms with Crippen LogP contribution in [0.1, 0.15) is 17.3 Å². The number of hydrogen-bond donors (Lipinski definition) is 1. The van der Waals surface area contributed by atoms with Crippen LogP contribution < -0.4 is 9.50 Å². The molecule has 7 nitrogen and oxygen atoms in total. The van der Waals surface area contributed by atoms with Gasteiger partial charge in [0.2, 0.25) is 0 Å². The Balaban J connectivity index is 2.94. The molecular weight excluding hydrogens is 355 g/mol. The average molecular weight is 367 g/mol. The number of ether oxygens (including phenoxy) is 1. The van der Waals surface area contributed by atoms with E-state index in [1.807, 2.05) is 0 Å². The van der Waals surface area contributed by atoms with Crippen LogP contribution in [0.5, 0.6) is 5.75 Å². The van der Waals surface area contributed by atoms with Crippen molar-refractivity contribution in [3.63, 3.8) is 0 Å².